The number of hydrogen-bond acceptors (Lipinski definition) is 2. The van der Waals surface area contributed by atoms with Crippen LogP contribution in [0, 0.1) is 0 Å². The molecule has 0 fully saturated rings. The summed E-state index contributed by atoms with van der Waals surface area (Å²) in [6.07, 6.45) is 7.51. The van der Waals surface area contributed by atoms with Crippen LogP contribution in [0.1, 0.15) is 20.3 Å². The first-order valence-corrected chi connectivity index (χ1v) is 5.15. The van der Waals surface area contributed by atoms with Crippen LogP contribution in [0.15, 0.2) is 36.2 Å². The molecule has 0 aliphatic carbocycles. The van der Waals surface area contributed by atoms with Crippen molar-refractivity contribution in [2.24, 2.45) is 0 Å². The van der Waals surface area contributed by atoms with Crippen LogP contribution < -0.4 is 5.32 Å². The van der Waals surface area contributed by atoms with Gasteiger partial charge in [0, 0.05) is 17.9 Å². The maximum absolute atomic E-state index is 4.01. The van der Waals surface area contributed by atoms with Crippen molar-refractivity contribution >= 4 is 0 Å². The SMILES string of the molecule is C=C1C=CC(CCNC)=CN1C(C)C. The molecule has 1 aliphatic heterocycles. The number of rotatable bonds is 4. The first-order valence-electron chi connectivity index (χ1n) is 5.15. The van der Waals surface area contributed by atoms with Crippen molar-refractivity contribution in [1.82, 2.24) is 10.2 Å². The van der Waals surface area contributed by atoms with Gasteiger partial charge >= 0.3 is 0 Å². The summed E-state index contributed by atoms with van der Waals surface area (Å²) in [4.78, 5) is 2.21. The molecule has 0 amide bonds. The number of nitrogens with one attached hydrogen (secondary N) is 1. The number of nitrogens with zero attached hydrogens (tertiary/aromatic N) is 1. The summed E-state index contributed by atoms with van der Waals surface area (Å²) in [5.41, 5.74) is 2.44. The fourth-order valence-electron chi connectivity index (χ4n) is 1.49. The van der Waals surface area contributed by atoms with Gasteiger partial charge in [-0.15, -0.1) is 0 Å². The summed E-state index contributed by atoms with van der Waals surface area (Å²) < 4.78 is 0. The minimum atomic E-state index is 0.483. The maximum Gasteiger partial charge on any atom is 0.0335 e. The standard InChI is InChI=1S/C12H20N2/c1-10(2)14-9-12(7-8-13-4)6-5-11(14)3/h5-6,9-10,13H,3,7-8H2,1-2,4H3. The van der Waals surface area contributed by atoms with Gasteiger partial charge in [-0.3, -0.25) is 0 Å². The van der Waals surface area contributed by atoms with Crippen molar-refractivity contribution in [2.45, 2.75) is 26.3 Å². The molecule has 0 radical (unpaired) electrons. The summed E-state index contributed by atoms with van der Waals surface area (Å²) in [5.74, 6) is 0. The van der Waals surface area contributed by atoms with E-state index in [4.69, 9.17) is 0 Å². The van der Waals surface area contributed by atoms with E-state index in [9.17, 15) is 0 Å². The third kappa shape index (κ3) is 2.74. The van der Waals surface area contributed by atoms with Crippen LogP contribution in [0.2, 0.25) is 0 Å². The van der Waals surface area contributed by atoms with E-state index in [1.807, 2.05) is 7.05 Å². The Morgan fingerprint density at radius 2 is 2.14 bits per heavy atom. The Kier molecular flexibility index (Phi) is 3.96. The second kappa shape index (κ2) is 5.01. The Morgan fingerprint density at radius 1 is 1.43 bits per heavy atom. The van der Waals surface area contributed by atoms with Gasteiger partial charge in [0.2, 0.25) is 0 Å². The van der Waals surface area contributed by atoms with Crippen LogP contribution in [0.4, 0.5) is 0 Å². The Bertz CT molecular complexity index is 261. The average molecular weight is 192 g/mol. The molecule has 1 rings (SSSR count). The second-order valence-electron chi connectivity index (χ2n) is 3.88. The Balaban J connectivity index is 2.65. The predicted molar refractivity (Wildman–Crippen MR) is 61.9 cm³/mol. The van der Waals surface area contributed by atoms with Crippen LogP contribution in [0.25, 0.3) is 0 Å². The fourth-order valence-corrected chi connectivity index (χ4v) is 1.49. The van der Waals surface area contributed by atoms with Crippen LogP contribution in [-0.2, 0) is 0 Å². The largest absolute Gasteiger partial charge is 0.346 e. The van der Waals surface area contributed by atoms with Crippen LogP contribution in [0.5, 0.6) is 0 Å². The molecule has 0 atom stereocenters. The van der Waals surface area contributed by atoms with Gasteiger partial charge in [0.25, 0.3) is 0 Å². The highest BCUT2D eigenvalue weighted by Gasteiger charge is 2.11. The second-order valence-corrected chi connectivity index (χ2v) is 3.88. The lowest BCUT2D eigenvalue weighted by Gasteiger charge is -2.29. The first-order chi connectivity index (χ1) is 6.65. The third-order valence-electron chi connectivity index (χ3n) is 2.35. The van der Waals surface area contributed by atoms with Gasteiger partial charge in [-0.25, -0.2) is 0 Å². The minimum Gasteiger partial charge on any atom is -0.346 e. The molecule has 1 heterocycles. The molecule has 2 nitrogen and oxygen atoms in total. The van der Waals surface area contributed by atoms with Crippen LogP contribution in [0.3, 0.4) is 0 Å². The highest BCUT2D eigenvalue weighted by molar-refractivity contribution is 5.32. The normalized spacial score (nSPS) is 16.4. The summed E-state index contributed by atoms with van der Waals surface area (Å²) >= 11 is 0. The molecule has 1 N–H and O–H groups in total. The molecule has 1 aliphatic rings. The monoisotopic (exact) mass is 192 g/mol. The van der Waals surface area contributed by atoms with Gasteiger partial charge in [-0.1, -0.05) is 12.7 Å². The molecule has 0 saturated heterocycles. The summed E-state index contributed by atoms with van der Waals surface area (Å²) in [6.45, 7) is 9.39. The number of hydrogen-bond donors (Lipinski definition) is 1. The molecule has 0 aromatic heterocycles. The molecule has 2 heteroatoms. The van der Waals surface area contributed by atoms with E-state index < -0.39 is 0 Å². The number of allylic oxidation sites excluding steroid dienone is 2. The third-order valence-corrected chi connectivity index (χ3v) is 2.35. The molecular weight excluding hydrogens is 172 g/mol. The van der Waals surface area contributed by atoms with E-state index >= 15 is 0 Å². The zero-order valence-corrected chi connectivity index (χ0v) is 9.38. The lowest BCUT2D eigenvalue weighted by atomic mass is 10.1. The molecule has 0 aromatic carbocycles. The van der Waals surface area contributed by atoms with E-state index in [0.29, 0.717) is 6.04 Å². The molecule has 0 unspecified atom stereocenters. The van der Waals surface area contributed by atoms with Crippen molar-refractivity contribution in [3.63, 3.8) is 0 Å². The van der Waals surface area contributed by atoms with E-state index in [1.54, 1.807) is 0 Å². The topological polar surface area (TPSA) is 15.3 Å². The Hall–Kier alpha value is -1.02. The summed E-state index contributed by atoms with van der Waals surface area (Å²) in [5, 5.41) is 3.15. The first kappa shape index (κ1) is 11.1. The van der Waals surface area contributed by atoms with Crippen molar-refractivity contribution in [2.75, 3.05) is 13.6 Å². The van der Waals surface area contributed by atoms with Crippen LogP contribution >= 0.6 is 0 Å². The quantitative estimate of drug-likeness (QED) is 0.735. The van der Waals surface area contributed by atoms with E-state index in [1.165, 1.54) is 5.57 Å². The molecule has 78 valence electrons. The summed E-state index contributed by atoms with van der Waals surface area (Å²) in [6, 6.07) is 0.483. The highest BCUT2D eigenvalue weighted by atomic mass is 15.1. The highest BCUT2D eigenvalue weighted by Crippen LogP contribution is 2.19. The Labute approximate surface area is 87.0 Å². The van der Waals surface area contributed by atoms with Crippen molar-refractivity contribution in [3.8, 4) is 0 Å². The van der Waals surface area contributed by atoms with Gasteiger partial charge in [0.1, 0.15) is 0 Å². The van der Waals surface area contributed by atoms with E-state index in [-0.39, 0.29) is 0 Å². The molecular formula is C12H20N2. The van der Waals surface area contributed by atoms with Crippen molar-refractivity contribution in [3.05, 3.63) is 36.2 Å². The van der Waals surface area contributed by atoms with E-state index in [0.717, 1.165) is 18.7 Å². The van der Waals surface area contributed by atoms with Gasteiger partial charge in [0.15, 0.2) is 0 Å². The van der Waals surface area contributed by atoms with Gasteiger partial charge in [0.05, 0.1) is 0 Å². The molecule has 0 bridgehead atoms. The smallest absolute Gasteiger partial charge is 0.0335 e. The van der Waals surface area contributed by atoms with Gasteiger partial charge in [-0.2, -0.15) is 0 Å². The van der Waals surface area contributed by atoms with Crippen LogP contribution in [-0.4, -0.2) is 24.5 Å². The molecule has 0 aromatic rings. The van der Waals surface area contributed by atoms with E-state index in [2.05, 4.69) is 49.0 Å². The lowest BCUT2D eigenvalue weighted by molar-refractivity contribution is 0.390. The predicted octanol–water partition coefficient (Wildman–Crippen LogP) is 2.27. The molecule has 0 spiro atoms. The van der Waals surface area contributed by atoms with Crippen molar-refractivity contribution < 1.29 is 0 Å². The molecule has 0 saturated carbocycles. The zero-order chi connectivity index (χ0) is 10.6. The average Bonchev–Trinajstić information content (AvgIpc) is 2.16. The minimum absolute atomic E-state index is 0.483. The maximum atomic E-state index is 4.01. The lowest BCUT2D eigenvalue weighted by Crippen LogP contribution is -2.25. The summed E-state index contributed by atoms with van der Waals surface area (Å²) in [7, 11) is 1.98. The Morgan fingerprint density at radius 3 is 2.71 bits per heavy atom. The van der Waals surface area contributed by atoms with Gasteiger partial charge in [-0.05, 0) is 45.5 Å². The zero-order valence-electron chi connectivity index (χ0n) is 9.38. The van der Waals surface area contributed by atoms with Gasteiger partial charge < -0.3 is 10.2 Å². The van der Waals surface area contributed by atoms with Crippen molar-refractivity contribution in [1.29, 1.82) is 0 Å². The fraction of sp³-hybridized carbons (Fsp3) is 0.500. The molecule has 14 heavy (non-hydrogen) atoms.